The third kappa shape index (κ3) is 6.18. The molecule has 10 heteroatoms. The number of hydrogen-bond acceptors (Lipinski definition) is 5. The number of ether oxygens (including phenoxy) is 2. The van der Waals surface area contributed by atoms with Crippen LogP contribution >= 0.6 is 11.6 Å². The maximum Gasteiger partial charge on any atom is 0.416 e. The molecule has 0 radical (unpaired) electrons. The number of benzene rings is 2. The molecule has 0 aliphatic carbocycles. The van der Waals surface area contributed by atoms with Crippen LogP contribution in [-0.4, -0.2) is 36.1 Å². The second-order valence-electron chi connectivity index (χ2n) is 6.65. The second kappa shape index (κ2) is 10.4. The van der Waals surface area contributed by atoms with E-state index in [-0.39, 0.29) is 36.0 Å². The Hall–Kier alpha value is -3.17. The number of nitrogens with one attached hydrogen (secondary N) is 1. The molecule has 1 amide bonds. The van der Waals surface area contributed by atoms with Gasteiger partial charge >= 0.3 is 6.18 Å². The van der Waals surface area contributed by atoms with Crippen molar-refractivity contribution in [2.24, 2.45) is 0 Å². The van der Waals surface area contributed by atoms with Crippen LogP contribution in [0.1, 0.15) is 21.5 Å². The summed E-state index contributed by atoms with van der Waals surface area (Å²) in [4.78, 5) is 21.1. The molecule has 6 nitrogen and oxygen atoms in total. The van der Waals surface area contributed by atoms with E-state index in [1.807, 2.05) is 0 Å². The van der Waals surface area contributed by atoms with Gasteiger partial charge in [-0.1, -0.05) is 23.7 Å². The normalized spacial score (nSPS) is 11.3. The van der Waals surface area contributed by atoms with Crippen LogP contribution in [0.3, 0.4) is 0 Å². The topological polar surface area (TPSA) is 73.3 Å². The van der Waals surface area contributed by atoms with Crippen LogP contribution < -0.4 is 10.1 Å². The molecule has 1 heterocycles. The summed E-state index contributed by atoms with van der Waals surface area (Å²) in [5.41, 5.74) is 0.161. The fourth-order valence-electron chi connectivity index (χ4n) is 2.72. The largest absolute Gasteiger partial charge is 0.472 e. The van der Waals surface area contributed by atoms with Crippen molar-refractivity contribution in [2.45, 2.75) is 12.8 Å². The Labute approximate surface area is 187 Å². The van der Waals surface area contributed by atoms with E-state index in [2.05, 4.69) is 15.3 Å². The van der Waals surface area contributed by atoms with Crippen molar-refractivity contribution in [3.05, 3.63) is 76.4 Å². The molecule has 168 valence electrons. The molecular weight excluding hydrogens is 447 g/mol. The van der Waals surface area contributed by atoms with Crippen molar-refractivity contribution >= 4 is 17.5 Å². The van der Waals surface area contributed by atoms with Crippen molar-refractivity contribution in [2.75, 3.05) is 20.3 Å². The molecule has 3 aromatic rings. The minimum atomic E-state index is -4.47. The highest BCUT2D eigenvalue weighted by Gasteiger charge is 2.30. The molecule has 0 atom stereocenters. The molecule has 1 N–H and O–H groups in total. The number of methoxy groups -OCH3 is 1. The zero-order valence-electron chi connectivity index (χ0n) is 16.9. The second-order valence-corrected chi connectivity index (χ2v) is 7.09. The van der Waals surface area contributed by atoms with Crippen molar-refractivity contribution in [3.63, 3.8) is 0 Å². The first-order chi connectivity index (χ1) is 15.3. The van der Waals surface area contributed by atoms with Gasteiger partial charge in [-0.05, 0) is 42.0 Å². The average molecular weight is 466 g/mol. The van der Waals surface area contributed by atoms with Gasteiger partial charge in [0.1, 0.15) is 12.2 Å². The van der Waals surface area contributed by atoms with Crippen LogP contribution in [0.5, 0.6) is 5.88 Å². The number of amides is 1. The number of nitrogens with zero attached hydrogens (tertiary/aromatic N) is 2. The molecule has 0 bridgehead atoms. The number of halogens is 4. The van der Waals surface area contributed by atoms with E-state index in [1.165, 1.54) is 25.4 Å². The molecule has 2 aromatic carbocycles. The van der Waals surface area contributed by atoms with Crippen molar-refractivity contribution in [1.29, 1.82) is 0 Å². The van der Waals surface area contributed by atoms with E-state index in [9.17, 15) is 18.0 Å². The lowest BCUT2D eigenvalue weighted by molar-refractivity contribution is -0.137. The van der Waals surface area contributed by atoms with E-state index in [4.69, 9.17) is 21.1 Å². The highest BCUT2D eigenvalue weighted by atomic mass is 35.5. The van der Waals surface area contributed by atoms with Crippen molar-refractivity contribution < 1.29 is 27.4 Å². The predicted octanol–water partition coefficient (Wildman–Crippen LogP) is 4.77. The number of hydrogen-bond donors (Lipinski definition) is 1. The van der Waals surface area contributed by atoms with Gasteiger partial charge in [0, 0.05) is 30.4 Å². The number of carbonyl (C=O) groups excluding carboxylic acids is 1. The van der Waals surface area contributed by atoms with Crippen LogP contribution in [0.2, 0.25) is 5.02 Å². The number of rotatable bonds is 8. The number of carbonyl (C=O) groups is 1. The summed E-state index contributed by atoms with van der Waals surface area (Å²) in [5, 5.41) is 3.18. The van der Waals surface area contributed by atoms with Crippen LogP contribution in [0.4, 0.5) is 13.2 Å². The standard InChI is InChI=1S/C22H19ClF3N3O3/c1-31-10-9-27-20(30)18-12-28-19(15-5-7-17(23)8-6-15)29-21(18)32-13-14-3-2-4-16(11-14)22(24,25)26/h2-8,11-12H,9-10,13H2,1H3,(H,27,30). The molecule has 1 aromatic heterocycles. The molecule has 0 fully saturated rings. The van der Waals surface area contributed by atoms with Gasteiger partial charge in [-0.3, -0.25) is 4.79 Å². The van der Waals surface area contributed by atoms with Gasteiger partial charge in [0.15, 0.2) is 5.82 Å². The highest BCUT2D eigenvalue weighted by molar-refractivity contribution is 6.30. The molecule has 0 saturated carbocycles. The average Bonchev–Trinajstić information content (AvgIpc) is 2.78. The smallest absolute Gasteiger partial charge is 0.416 e. The molecule has 0 aliphatic heterocycles. The number of alkyl halides is 3. The maximum atomic E-state index is 13.0. The first-order valence-corrected chi connectivity index (χ1v) is 9.85. The maximum absolute atomic E-state index is 13.0. The molecule has 32 heavy (non-hydrogen) atoms. The van der Waals surface area contributed by atoms with Gasteiger partial charge in [-0.25, -0.2) is 4.98 Å². The molecular formula is C22H19ClF3N3O3. The highest BCUT2D eigenvalue weighted by Crippen LogP contribution is 2.30. The van der Waals surface area contributed by atoms with Crippen LogP contribution in [0.15, 0.2) is 54.7 Å². The Morgan fingerprint density at radius 1 is 1.16 bits per heavy atom. The Balaban J connectivity index is 1.88. The van der Waals surface area contributed by atoms with E-state index < -0.39 is 17.6 Å². The lowest BCUT2D eigenvalue weighted by Gasteiger charge is -2.13. The SMILES string of the molecule is COCCNC(=O)c1cnc(-c2ccc(Cl)cc2)nc1OCc1cccc(C(F)(F)F)c1. The van der Waals surface area contributed by atoms with E-state index in [0.29, 0.717) is 17.2 Å². The quantitative estimate of drug-likeness (QED) is 0.485. The van der Waals surface area contributed by atoms with Gasteiger partial charge in [-0.2, -0.15) is 18.2 Å². The van der Waals surface area contributed by atoms with Crippen molar-refractivity contribution in [3.8, 4) is 17.3 Å². The van der Waals surface area contributed by atoms with E-state index >= 15 is 0 Å². The third-order valence-electron chi connectivity index (χ3n) is 4.32. The third-order valence-corrected chi connectivity index (χ3v) is 4.57. The van der Waals surface area contributed by atoms with Gasteiger partial charge in [0.25, 0.3) is 5.91 Å². The zero-order chi connectivity index (χ0) is 23.1. The fourth-order valence-corrected chi connectivity index (χ4v) is 2.85. The van der Waals surface area contributed by atoms with Gasteiger partial charge in [0.05, 0.1) is 12.2 Å². The monoisotopic (exact) mass is 465 g/mol. The van der Waals surface area contributed by atoms with Crippen LogP contribution in [-0.2, 0) is 17.5 Å². The van der Waals surface area contributed by atoms with E-state index in [0.717, 1.165) is 12.1 Å². The minimum Gasteiger partial charge on any atom is -0.472 e. The summed E-state index contributed by atoms with van der Waals surface area (Å²) < 4.78 is 49.5. The molecule has 0 spiro atoms. The van der Waals surface area contributed by atoms with E-state index in [1.54, 1.807) is 24.3 Å². The Morgan fingerprint density at radius 2 is 1.91 bits per heavy atom. The van der Waals surface area contributed by atoms with Gasteiger partial charge in [0.2, 0.25) is 5.88 Å². The van der Waals surface area contributed by atoms with Crippen LogP contribution in [0, 0.1) is 0 Å². The van der Waals surface area contributed by atoms with Gasteiger partial charge in [-0.15, -0.1) is 0 Å². The summed E-state index contributed by atoms with van der Waals surface area (Å²) in [6.07, 6.45) is -3.17. The fraction of sp³-hybridized carbons (Fsp3) is 0.227. The summed E-state index contributed by atoms with van der Waals surface area (Å²) >= 11 is 5.91. The molecule has 0 aliphatic rings. The van der Waals surface area contributed by atoms with Crippen molar-refractivity contribution in [1.82, 2.24) is 15.3 Å². The Bertz CT molecular complexity index is 1080. The molecule has 0 unspecified atom stereocenters. The summed E-state index contributed by atoms with van der Waals surface area (Å²) in [6, 6.07) is 11.5. The lowest BCUT2D eigenvalue weighted by atomic mass is 10.1. The molecule has 0 saturated heterocycles. The summed E-state index contributed by atoms with van der Waals surface area (Å²) in [7, 11) is 1.50. The minimum absolute atomic E-state index is 0.0470. The first-order valence-electron chi connectivity index (χ1n) is 9.47. The first kappa shape index (κ1) is 23.5. The predicted molar refractivity (Wildman–Crippen MR) is 112 cm³/mol. The summed E-state index contributed by atoms with van der Waals surface area (Å²) in [6.45, 7) is 0.330. The Morgan fingerprint density at radius 3 is 2.59 bits per heavy atom. The lowest BCUT2D eigenvalue weighted by Crippen LogP contribution is -2.27. The van der Waals surface area contributed by atoms with Crippen LogP contribution in [0.25, 0.3) is 11.4 Å². The Kier molecular flexibility index (Phi) is 7.66. The zero-order valence-corrected chi connectivity index (χ0v) is 17.7. The number of aromatic nitrogens is 2. The van der Waals surface area contributed by atoms with Gasteiger partial charge < -0.3 is 14.8 Å². The molecule has 3 rings (SSSR count). The summed E-state index contributed by atoms with van der Waals surface area (Å²) in [5.74, 6) is -0.282.